The second kappa shape index (κ2) is 11.7. The van der Waals surface area contributed by atoms with E-state index in [1.165, 1.54) is 0 Å². The zero-order chi connectivity index (χ0) is 22.9. The summed E-state index contributed by atoms with van der Waals surface area (Å²) in [6.07, 6.45) is 7.53. The molecule has 0 aliphatic rings. The van der Waals surface area contributed by atoms with Gasteiger partial charge in [0.1, 0.15) is 5.15 Å². The lowest BCUT2D eigenvalue weighted by Gasteiger charge is -2.20. The lowest BCUT2D eigenvalue weighted by molar-refractivity contribution is 0.0783. The van der Waals surface area contributed by atoms with E-state index in [2.05, 4.69) is 27.2 Å². The van der Waals surface area contributed by atoms with Crippen LogP contribution in [0.15, 0.2) is 61.2 Å². The zero-order valence-corrected chi connectivity index (χ0v) is 19.0. The molecular weight excluding hydrogens is 426 g/mol. The lowest BCUT2D eigenvalue weighted by Crippen LogP contribution is -2.34. The molecule has 0 aliphatic heterocycles. The molecule has 7 nitrogen and oxygen atoms in total. The normalized spacial score (nSPS) is 12.9. The fourth-order valence-electron chi connectivity index (χ4n) is 3.36. The first kappa shape index (κ1) is 23.8. The lowest BCUT2D eigenvalue weighted by atomic mass is 10.0. The summed E-state index contributed by atoms with van der Waals surface area (Å²) in [4.78, 5) is 26.6. The van der Waals surface area contributed by atoms with Crippen LogP contribution in [0.4, 0.5) is 0 Å². The van der Waals surface area contributed by atoms with E-state index in [-0.39, 0.29) is 11.9 Å². The number of benzene rings is 1. The minimum Gasteiger partial charge on any atom is -0.387 e. The summed E-state index contributed by atoms with van der Waals surface area (Å²) in [6, 6.07) is 11.3. The molecule has 0 radical (unpaired) electrons. The molecule has 0 spiro atoms. The highest BCUT2D eigenvalue weighted by molar-refractivity contribution is 6.29. The third kappa shape index (κ3) is 6.82. The first-order chi connectivity index (χ1) is 15.5. The Morgan fingerprint density at radius 1 is 1.12 bits per heavy atom. The van der Waals surface area contributed by atoms with Crippen LogP contribution in [0.25, 0.3) is 0 Å². The molecule has 2 N–H and O–H groups in total. The van der Waals surface area contributed by atoms with Crippen molar-refractivity contribution >= 4 is 17.5 Å². The Morgan fingerprint density at radius 3 is 2.53 bits per heavy atom. The maximum Gasteiger partial charge on any atom is 0.253 e. The molecule has 168 valence electrons. The van der Waals surface area contributed by atoms with Gasteiger partial charge in [-0.3, -0.25) is 14.8 Å². The molecule has 2 atom stereocenters. The largest absolute Gasteiger partial charge is 0.387 e. The van der Waals surface area contributed by atoms with Crippen LogP contribution in [0, 0.1) is 0 Å². The molecule has 0 aliphatic carbocycles. The molecular formula is C24H28ClN5O2. The summed E-state index contributed by atoms with van der Waals surface area (Å²) in [5, 5.41) is 14.2. The molecule has 3 rings (SSSR count). The number of pyridine rings is 1. The van der Waals surface area contributed by atoms with Crippen molar-refractivity contribution in [3.05, 3.63) is 88.7 Å². The summed E-state index contributed by atoms with van der Waals surface area (Å²) in [7, 11) is 1.75. The van der Waals surface area contributed by atoms with Gasteiger partial charge in [-0.25, -0.2) is 4.98 Å². The Kier molecular flexibility index (Phi) is 8.67. The number of nitrogens with zero attached hydrogens (tertiary/aromatic N) is 4. The van der Waals surface area contributed by atoms with Crippen molar-refractivity contribution in [2.45, 2.75) is 38.5 Å². The molecule has 0 saturated carbocycles. The van der Waals surface area contributed by atoms with Gasteiger partial charge in [-0.05, 0) is 36.6 Å². The Bertz CT molecular complexity index is 984. The van der Waals surface area contributed by atoms with E-state index in [0.29, 0.717) is 23.8 Å². The van der Waals surface area contributed by atoms with Crippen molar-refractivity contribution < 1.29 is 9.90 Å². The van der Waals surface area contributed by atoms with Crippen LogP contribution in [0.5, 0.6) is 0 Å². The minimum atomic E-state index is -0.654. The van der Waals surface area contributed by atoms with Gasteiger partial charge in [0.05, 0.1) is 24.5 Å². The average Bonchev–Trinajstić information content (AvgIpc) is 2.82. The summed E-state index contributed by atoms with van der Waals surface area (Å²) in [5.74, 6) is -0.0629. The second-order valence-corrected chi connectivity index (χ2v) is 8.09. The number of rotatable bonds is 10. The molecule has 1 amide bonds. The first-order valence-electron chi connectivity index (χ1n) is 10.6. The van der Waals surface area contributed by atoms with Crippen LogP contribution in [0.3, 0.4) is 0 Å². The number of halogens is 1. The Labute approximate surface area is 193 Å². The summed E-state index contributed by atoms with van der Waals surface area (Å²) < 4.78 is 0. The van der Waals surface area contributed by atoms with Crippen molar-refractivity contribution in [1.82, 2.24) is 25.2 Å². The van der Waals surface area contributed by atoms with E-state index in [0.717, 1.165) is 29.7 Å². The van der Waals surface area contributed by atoms with Crippen molar-refractivity contribution in [3.8, 4) is 0 Å². The SMILES string of the molecule is CC[C@@H](Cc1ccc(C(=O)N(C)Cc2cnccn2)cc1)NC[C@H](O)c1ccc(Cl)nc1. The van der Waals surface area contributed by atoms with Crippen LogP contribution in [-0.4, -0.2) is 50.5 Å². The third-order valence-corrected chi connectivity index (χ3v) is 5.50. The summed E-state index contributed by atoms with van der Waals surface area (Å²) in [5.41, 5.74) is 3.23. The molecule has 2 aromatic heterocycles. The maximum absolute atomic E-state index is 12.7. The molecule has 2 heterocycles. The molecule has 32 heavy (non-hydrogen) atoms. The Morgan fingerprint density at radius 2 is 1.91 bits per heavy atom. The summed E-state index contributed by atoms with van der Waals surface area (Å²) >= 11 is 5.80. The number of carbonyl (C=O) groups excluding carboxylic acids is 1. The number of hydrogen-bond donors (Lipinski definition) is 2. The number of aliphatic hydroxyl groups excluding tert-OH is 1. The molecule has 0 unspecified atom stereocenters. The quantitative estimate of drug-likeness (QED) is 0.457. The monoisotopic (exact) mass is 453 g/mol. The number of aromatic nitrogens is 3. The van der Waals surface area contributed by atoms with Crippen molar-refractivity contribution in [3.63, 3.8) is 0 Å². The average molecular weight is 454 g/mol. The minimum absolute atomic E-state index is 0.0629. The van der Waals surface area contributed by atoms with Gasteiger partial charge in [0.2, 0.25) is 0 Å². The van der Waals surface area contributed by atoms with E-state index in [1.807, 2.05) is 24.3 Å². The number of aliphatic hydroxyl groups is 1. The van der Waals surface area contributed by atoms with Gasteiger partial charge < -0.3 is 15.3 Å². The zero-order valence-electron chi connectivity index (χ0n) is 18.3. The smallest absolute Gasteiger partial charge is 0.253 e. The molecule has 3 aromatic rings. The first-order valence-corrected chi connectivity index (χ1v) is 11.0. The van der Waals surface area contributed by atoms with Gasteiger partial charge in [-0.1, -0.05) is 36.7 Å². The Hall–Kier alpha value is -2.87. The van der Waals surface area contributed by atoms with Crippen LogP contribution in [-0.2, 0) is 13.0 Å². The van der Waals surface area contributed by atoms with E-state index in [4.69, 9.17) is 11.6 Å². The highest BCUT2D eigenvalue weighted by Crippen LogP contribution is 2.15. The number of hydrogen-bond acceptors (Lipinski definition) is 6. The fourth-order valence-corrected chi connectivity index (χ4v) is 3.47. The molecule has 0 bridgehead atoms. The molecule has 8 heteroatoms. The number of carbonyl (C=O) groups is 1. The predicted molar refractivity (Wildman–Crippen MR) is 124 cm³/mol. The predicted octanol–water partition coefficient (Wildman–Crippen LogP) is 3.44. The van der Waals surface area contributed by atoms with Crippen LogP contribution >= 0.6 is 11.6 Å². The second-order valence-electron chi connectivity index (χ2n) is 7.70. The van der Waals surface area contributed by atoms with Gasteiger partial charge in [-0.2, -0.15) is 0 Å². The molecule has 1 aromatic carbocycles. The molecule has 0 saturated heterocycles. The fraction of sp³-hybridized carbons (Fsp3) is 0.333. The number of amides is 1. The third-order valence-electron chi connectivity index (χ3n) is 5.27. The van der Waals surface area contributed by atoms with Crippen LogP contribution in [0.1, 0.15) is 46.6 Å². The molecule has 0 fully saturated rings. The van der Waals surface area contributed by atoms with E-state index >= 15 is 0 Å². The van der Waals surface area contributed by atoms with Gasteiger partial charge in [-0.15, -0.1) is 0 Å². The van der Waals surface area contributed by atoms with Crippen molar-refractivity contribution in [2.24, 2.45) is 0 Å². The topological polar surface area (TPSA) is 91.2 Å². The van der Waals surface area contributed by atoms with Gasteiger partial charge in [0, 0.05) is 49.4 Å². The van der Waals surface area contributed by atoms with E-state index in [1.54, 1.807) is 48.9 Å². The highest BCUT2D eigenvalue weighted by Gasteiger charge is 2.15. The van der Waals surface area contributed by atoms with Gasteiger partial charge in [0.25, 0.3) is 5.91 Å². The number of nitrogens with one attached hydrogen (secondary N) is 1. The van der Waals surface area contributed by atoms with Crippen LogP contribution < -0.4 is 5.32 Å². The maximum atomic E-state index is 12.7. The van der Waals surface area contributed by atoms with Crippen molar-refractivity contribution in [2.75, 3.05) is 13.6 Å². The van der Waals surface area contributed by atoms with E-state index < -0.39 is 6.10 Å². The van der Waals surface area contributed by atoms with Crippen molar-refractivity contribution in [1.29, 1.82) is 0 Å². The highest BCUT2D eigenvalue weighted by atomic mass is 35.5. The van der Waals surface area contributed by atoms with Crippen LogP contribution in [0.2, 0.25) is 5.15 Å². The van der Waals surface area contributed by atoms with E-state index in [9.17, 15) is 9.90 Å². The van der Waals surface area contributed by atoms with Gasteiger partial charge >= 0.3 is 0 Å². The summed E-state index contributed by atoms with van der Waals surface area (Å²) in [6.45, 7) is 2.93. The standard InChI is InChI=1S/C24H28ClN5O2/c1-3-20(28-15-22(31)19-8-9-23(25)29-13-19)12-17-4-6-18(7-5-17)24(32)30(2)16-21-14-26-10-11-27-21/h4-11,13-14,20,22,28,31H,3,12,15-16H2,1-2H3/t20-,22-/m0/s1. The Balaban J connectivity index is 1.52. The van der Waals surface area contributed by atoms with Gasteiger partial charge in [0.15, 0.2) is 0 Å².